The maximum atomic E-state index is 10.7. The van der Waals surface area contributed by atoms with Crippen LogP contribution in [-0.4, -0.2) is 10.2 Å². The van der Waals surface area contributed by atoms with E-state index in [1.807, 2.05) is 12.1 Å². The molecule has 0 aromatic heterocycles. The molecule has 2 atom stereocenters. The van der Waals surface area contributed by atoms with Crippen LogP contribution in [-0.2, 0) is 0 Å². The topological polar surface area (TPSA) is 40.5 Å². The van der Waals surface area contributed by atoms with E-state index in [0.29, 0.717) is 11.5 Å². The summed E-state index contributed by atoms with van der Waals surface area (Å²) in [4.78, 5) is 0. The third kappa shape index (κ3) is 6.76. The van der Waals surface area contributed by atoms with Crippen molar-refractivity contribution in [3.05, 3.63) is 69.8 Å². The van der Waals surface area contributed by atoms with Gasteiger partial charge < -0.3 is 10.2 Å². The van der Waals surface area contributed by atoms with Crippen molar-refractivity contribution in [3.63, 3.8) is 0 Å². The Labute approximate surface area is 195 Å². The fraction of sp³-hybridized carbons (Fsp3) is 0.467. The van der Waals surface area contributed by atoms with Crippen molar-refractivity contribution in [1.82, 2.24) is 0 Å². The van der Waals surface area contributed by atoms with Crippen LogP contribution in [0.15, 0.2) is 47.6 Å². The Bertz CT molecular complexity index is 905. The maximum absolute atomic E-state index is 10.7. The van der Waals surface area contributed by atoms with Crippen molar-refractivity contribution in [2.45, 2.75) is 92.9 Å². The molecule has 2 unspecified atom stereocenters. The molecule has 0 aliphatic heterocycles. The zero-order valence-corrected chi connectivity index (χ0v) is 21.3. The third-order valence-corrected chi connectivity index (χ3v) is 6.40. The van der Waals surface area contributed by atoms with Crippen molar-refractivity contribution in [1.29, 1.82) is 0 Å². The molecule has 174 valence electrons. The molecular weight excluding hydrogens is 392 g/mol. The molecule has 0 bridgehead atoms. The Morgan fingerprint density at radius 1 is 0.688 bits per heavy atom. The normalized spacial score (nSPS) is 12.9. The van der Waals surface area contributed by atoms with Gasteiger partial charge in [0, 0.05) is 0 Å². The molecule has 0 fully saturated rings. The number of aryl methyl sites for hydroxylation is 2. The van der Waals surface area contributed by atoms with Gasteiger partial charge in [0.15, 0.2) is 0 Å². The first-order valence-electron chi connectivity index (χ1n) is 11.9. The molecule has 2 nitrogen and oxygen atoms in total. The van der Waals surface area contributed by atoms with Crippen LogP contribution in [0, 0.1) is 13.8 Å². The Kier molecular flexibility index (Phi) is 9.19. The standard InChI is InChI=1S/C30H42O2/c1-19(2)11-9-13-21(5)27-17-25(23(7)15-29(27)31)26-18-28(30(32)16-24(26)8)22(6)14-10-12-20(3)4/h11-12,15-18,21-22,31-32H,9-10,13-14H2,1-8H3. The molecule has 0 heterocycles. The maximum Gasteiger partial charge on any atom is 0.119 e. The van der Waals surface area contributed by atoms with E-state index < -0.39 is 0 Å². The second kappa shape index (κ2) is 11.4. The van der Waals surface area contributed by atoms with Gasteiger partial charge in [-0.15, -0.1) is 0 Å². The summed E-state index contributed by atoms with van der Waals surface area (Å²) in [6, 6.07) is 8.11. The van der Waals surface area contributed by atoms with Crippen LogP contribution in [0.3, 0.4) is 0 Å². The molecule has 0 radical (unpaired) electrons. The average Bonchev–Trinajstić information content (AvgIpc) is 2.68. The van der Waals surface area contributed by atoms with Gasteiger partial charge >= 0.3 is 0 Å². The lowest BCUT2D eigenvalue weighted by molar-refractivity contribution is 0.459. The second-order valence-electron chi connectivity index (χ2n) is 9.97. The Hall–Kier alpha value is -2.48. The molecule has 2 aromatic rings. The molecule has 0 aliphatic carbocycles. The van der Waals surface area contributed by atoms with Gasteiger partial charge in [-0.2, -0.15) is 0 Å². The largest absolute Gasteiger partial charge is 0.508 e. The van der Waals surface area contributed by atoms with Crippen molar-refractivity contribution in [2.75, 3.05) is 0 Å². The smallest absolute Gasteiger partial charge is 0.119 e. The van der Waals surface area contributed by atoms with Crippen LogP contribution in [0.5, 0.6) is 11.5 Å². The van der Waals surface area contributed by atoms with E-state index in [0.717, 1.165) is 59.1 Å². The number of hydrogen-bond acceptors (Lipinski definition) is 2. The van der Waals surface area contributed by atoms with Crippen LogP contribution in [0.4, 0.5) is 0 Å². The summed E-state index contributed by atoms with van der Waals surface area (Å²) in [5, 5.41) is 21.4. The van der Waals surface area contributed by atoms with Crippen LogP contribution < -0.4 is 0 Å². The number of aromatic hydroxyl groups is 2. The molecule has 2 rings (SSSR count). The fourth-order valence-corrected chi connectivity index (χ4v) is 4.34. The first-order valence-corrected chi connectivity index (χ1v) is 11.9. The predicted molar refractivity (Wildman–Crippen MR) is 139 cm³/mol. The third-order valence-electron chi connectivity index (χ3n) is 6.40. The summed E-state index contributed by atoms with van der Waals surface area (Å²) < 4.78 is 0. The van der Waals surface area contributed by atoms with Gasteiger partial charge in [-0.3, -0.25) is 0 Å². The molecule has 2 heteroatoms. The van der Waals surface area contributed by atoms with Gasteiger partial charge in [-0.1, -0.05) is 37.1 Å². The van der Waals surface area contributed by atoms with E-state index in [4.69, 9.17) is 0 Å². The second-order valence-corrected chi connectivity index (χ2v) is 9.97. The highest BCUT2D eigenvalue weighted by Gasteiger charge is 2.18. The van der Waals surface area contributed by atoms with E-state index in [-0.39, 0.29) is 11.8 Å². The summed E-state index contributed by atoms with van der Waals surface area (Å²) in [5.41, 5.74) is 9.05. The molecule has 0 saturated heterocycles. The summed E-state index contributed by atoms with van der Waals surface area (Å²) in [5.74, 6) is 1.29. The molecule has 0 saturated carbocycles. The monoisotopic (exact) mass is 434 g/mol. The number of rotatable bonds is 9. The van der Waals surface area contributed by atoms with Gasteiger partial charge in [0.1, 0.15) is 11.5 Å². The van der Waals surface area contributed by atoms with Gasteiger partial charge in [-0.05, 0) is 137 Å². The quantitative estimate of drug-likeness (QED) is 0.386. The van der Waals surface area contributed by atoms with Gasteiger partial charge in [0.05, 0.1) is 0 Å². The van der Waals surface area contributed by atoms with E-state index in [9.17, 15) is 10.2 Å². The average molecular weight is 435 g/mol. The number of allylic oxidation sites excluding steroid dienone is 4. The Morgan fingerprint density at radius 3 is 1.34 bits per heavy atom. The predicted octanol–water partition coefficient (Wildman–Crippen LogP) is 9.08. The lowest BCUT2D eigenvalue weighted by Crippen LogP contribution is -1.99. The number of hydrogen-bond donors (Lipinski definition) is 2. The van der Waals surface area contributed by atoms with Crippen molar-refractivity contribution in [3.8, 4) is 22.6 Å². The van der Waals surface area contributed by atoms with Gasteiger partial charge in [0.2, 0.25) is 0 Å². The molecule has 32 heavy (non-hydrogen) atoms. The van der Waals surface area contributed by atoms with Crippen LogP contribution in [0.1, 0.15) is 101 Å². The minimum atomic E-state index is 0.268. The number of benzene rings is 2. The SMILES string of the molecule is CC(C)=CCCC(C)c1cc(-c2cc(C(C)CCC=C(C)C)c(O)cc2C)c(C)cc1O. The zero-order valence-electron chi connectivity index (χ0n) is 21.3. The molecule has 2 aromatic carbocycles. The van der Waals surface area contributed by atoms with Crippen LogP contribution in [0.25, 0.3) is 11.1 Å². The van der Waals surface area contributed by atoms with E-state index in [1.165, 1.54) is 11.1 Å². The van der Waals surface area contributed by atoms with Crippen molar-refractivity contribution in [2.24, 2.45) is 0 Å². The first kappa shape index (κ1) is 25.8. The Morgan fingerprint density at radius 2 is 1.03 bits per heavy atom. The first-order chi connectivity index (χ1) is 15.0. The lowest BCUT2D eigenvalue weighted by Gasteiger charge is -2.20. The van der Waals surface area contributed by atoms with Gasteiger partial charge in [-0.25, -0.2) is 0 Å². The Balaban J connectivity index is 2.43. The fourth-order valence-electron chi connectivity index (χ4n) is 4.34. The minimum absolute atomic E-state index is 0.268. The zero-order chi connectivity index (χ0) is 24.0. The van der Waals surface area contributed by atoms with E-state index in [2.05, 4.69) is 79.7 Å². The molecule has 0 aliphatic rings. The van der Waals surface area contributed by atoms with Crippen LogP contribution >= 0.6 is 0 Å². The highest BCUT2D eigenvalue weighted by atomic mass is 16.3. The summed E-state index contributed by atoms with van der Waals surface area (Å²) >= 11 is 0. The highest BCUT2D eigenvalue weighted by molar-refractivity contribution is 5.74. The highest BCUT2D eigenvalue weighted by Crippen LogP contribution is 2.40. The van der Waals surface area contributed by atoms with Crippen molar-refractivity contribution >= 4 is 0 Å². The number of phenolic OH excluding ortho intramolecular Hbond substituents is 2. The summed E-state index contributed by atoms with van der Waals surface area (Å²) in [7, 11) is 0. The molecular formula is C30H42O2. The number of phenols is 2. The minimum Gasteiger partial charge on any atom is -0.508 e. The molecule has 0 amide bonds. The van der Waals surface area contributed by atoms with E-state index >= 15 is 0 Å². The summed E-state index contributed by atoms with van der Waals surface area (Å²) in [6.07, 6.45) is 8.55. The van der Waals surface area contributed by atoms with E-state index in [1.54, 1.807) is 0 Å². The molecule has 0 spiro atoms. The van der Waals surface area contributed by atoms with Gasteiger partial charge in [0.25, 0.3) is 0 Å². The van der Waals surface area contributed by atoms with Crippen LogP contribution in [0.2, 0.25) is 0 Å². The lowest BCUT2D eigenvalue weighted by atomic mass is 9.86. The molecule has 2 N–H and O–H groups in total. The summed E-state index contributed by atoms with van der Waals surface area (Å²) in [6.45, 7) is 17.0. The van der Waals surface area contributed by atoms with Crippen molar-refractivity contribution < 1.29 is 10.2 Å².